The molecule has 0 aliphatic carbocycles. The van der Waals surface area contributed by atoms with Gasteiger partial charge in [-0.05, 0) is 29.3 Å². The zero-order chi connectivity index (χ0) is 20.7. The van der Waals surface area contributed by atoms with Crippen molar-refractivity contribution in [3.05, 3.63) is 64.7 Å². The molecule has 29 heavy (non-hydrogen) atoms. The first kappa shape index (κ1) is 22.1. The summed E-state index contributed by atoms with van der Waals surface area (Å²) < 4.78 is 32.6. The highest BCUT2D eigenvalue weighted by Gasteiger charge is 2.28. The van der Waals surface area contributed by atoms with Crippen LogP contribution in [0.4, 0.5) is 0 Å². The second-order valence-corrected chi connectivity index (χ2v) is 9.85. The number of carbonyl (C=O) groups is 1. The molecular formula is C20H23ClN2O4S2. The molecule has 0 spiro atoms. The maximum Gasteiger partial charge on any atom is 0.243 e. The summed E-state index contributed by atoms with van der Waals surface area (Å²) in [5, 5.41) is 3.49. The molecule has 6 nitrogen and oxygen atoms in total. The van der Waals surface area contributed by atoms with E-state index in [0.29, 0.717) is 42.6 Å². The molecule has 0 aromatic heterocycles. The third-order valence-electron chi connectivity index (χ3n) is 4.43. The van der Waals surface area contributed by atoms with Crippen LogP contribution in [0.5, 0.6) is 0 Å². The minimum absolute atomic E-state index is 0.143. The Hall–Kier alpha value is -1.58. The molecule has 0 saturated carbocycles. The van der Waals surface area contributed by atoms with Crippen LogP contribution in [0.15, 0.2) is 53.4 Å². The summed E-state index contributed by atoms with van der Waals surface area (Å²) in [7, 11) is -3.61. The lowest BCUT2D eigenvalue weighted by Gasteiger charge is -2.27. The quantitative estimate of drug-likeness (QED) is 0.663. The Morgan fingerprint density at radius 3 is 2.66 bits per heavy atom. The smallest absolute Gasteiger partial charge is 0.243 e. The number of hydrogen-bond acceptors (Lipinski definition) is 5. The van der Waals surface area contributed by atoms with Crippen LogP contribution in [-0.4, -0.2) is 50.7 Å². The molecule has 3 rings (SSSR count). The van der Waals surface area contributed by atoms with E-state index in [-0.39, 0.29) is 23.1 Å². The van der Waals surface area contributed by atoms with Crippen molar-refractivity contribution < 1.29 is 17.9 Å². The summed E-state index contributed by atoms with van der Waals surface area (Å²) in [6.07, 6.45) is 0. The van der Waals surface area contributed by atoms with Gasteiger partial charge in [-0.15, -0.1) is 11.8 Å². The first-order valence-electron chi connectivity index (χ1n) is 9.21. The molecule has 2 aromatic rings. The highest BCUT2D eigenvalue weighted by atomic mass is 35.5. The Bertz CT molecular complexity index is 947. The fourth-order valence-electron chi connectivity index (χ4n) is 2.96. The van der Waals surface area contributed by atoms with Crippen molar-refractivity contribution in [1.29, 1.82) is 0 Å². The lowest BCUT2D eigenvalue weighted by Crippen LogP contribution is -2.41. The van der Waals surface area contributed by atoms with Gasteiger partial charge in [0.15, 0.2) is 0 Å². The van der Waals surface area contributed by atoms with Crippen molar-refractivity contribution in [2.45, 2.75) is 17.2 Å². The zero-order valence-corrected chi connectivity index (χ0v) is 18.2. The molecule has 1 fully saturated rings. The lowest BCUT2D eigenvalue weighted by molar-refractivity contribution is -0.118. The topological polar surface area (TPSA) is 75.7 Å². The van der Waals surface area contributed by atoms with Crippen LogP contribution in [0.3, 0.4) is 0 Å². The molecule has 1 aliphatic rings. The van der Waals surface area contributed by atoms with Gasteiger partial charge in [-0.2, -0.15) is 4.31 Å². The second-order valence-electron chi connectivity index (χ2n) is 6.52. The van der Waals surface area contributed by atoms with Crippen LogP contribution in [0.2, 0.25) is 5.02 Å². The lowest BCUT2D eigenvalue weighted by atomic mass is 10.2. The standard InChI is InChI=1S/C20H23ClN2O4S2/c21-18-6-3-4-16(12-18)14-28-15-20(24)22-13-17-5-1-2-7-19(17)29(25,26)23-8-10-27-11-9-23/h1-7,12H,8-11,13-15H2,(H,22,24). The molecule has 1 saturated heterocycles. The van der Waals surface area contributed by atoms with Crippen LogP contribution in [-0.2, 0) is 31.9 Å². The predicted octanol–water partition coefficient (Wildman–Crippen LogP) is 2.91. The maximum absolute atomic E-state index is 13.0. The fraction of sp³-hybridized carbons (Fsp3) is 0.350. The number of carbonyl (C=O) groups excluding carboxylic acids is 1. The second kappa shape index (κ2) is 10.4. The monoisotopic (exact) mass is 454 g/mol. The van der Waals surface area contributed by atoms with Gasteiger partial charge < -0.3 is 10.1 Å². The van der Waals surface area contributed by atoms with Crippen LogP contribution in [0, 0.1) is 0 Å². The number of thioether (sulfide) groups is 1. The van der Waals surface area contributed by atoms with E-state index in [4.69, 9.17) is 16.3 Å². The van der Waals surface area contributed by atoms with E-state index in [0.717, 1.165) is 5.56 Å². The van der Waals surface area contributed by atoms with Gasteiger partial charge in [0.2, 0.25) is 15.9 Å². The predicted molar refractivity (Wildman–Crippen MR) is 115 cm³/mol. The van der Waals surface area contributed by atoms with E-state index in [9.17, 15) is 13.2 Å². The minimum atomic E-state index is -3.61. The summed E-state index contributed by atoms with van der Waals surface area (Å²) in [6.45, 7) is 1.62. The van der Waals surface area contributed by atoms with Crippen molar-refractivity contribution in [3.8, 4) is 0 Å². The summed E-state index contributed by atoms with van der Waals surface area (Å²) in [6, 6.07) is 14.3. The number of rotatable bonds is 8. The van der Waals surface area contributed by atoms with Gasteiger partial charge >= 0.3 is 0 Å². The molecule has 0 bridgehead atoms. The van der Waals surface area contributed by atoms with E-state index < -0.39 is 10.0 Å². The number of halogens is 1. The molecule has 0 atom stereocenters. The Kier molecular flexibility index (Phi) is 7.97. The molecule has 2 aromatic carbocycles. The molecule has 1 aliphatic heterocycles. The van der Waals surface area contributed by atoms with Gasteiger partial charge in [-0.3, -0.25) is 4.79 Å². The van der Waals surface area contributed by atoms with Crippen molar-refractivity contribution in [2.24, 2.45) is 0 Å². The Labute approximate surface area is 180 Å². The van der Waals surface area contributed by atoms with Gasteiger partial charge in [-0.25, -0.2) is 8.42 Å². The summed E-state index contributed by atoms with van der Waals surface area (Å²) >= 11 is 7.44. The van der Waals surface area contributed by atoms with Gasteiger partial charge in [0.05, 0.1) is 23.9 Å². The Balaban J connectivity index is 1.56. The van der Waals surface area contributed by atoms with Gasteiger partial charge in [0, 0.05) is 30.4 Å². The Morgan fingerprint density at radius 1 is 1.14 bits per heavy atom. The van der Waals surface area contributed by atoms with Gasteiger partial charge in [0.25, 0.3) is 0 Å². The number of ether oxygens (including phenoxy) is 1. The SMILES string of the molecule is O=C(CSCc1cccc(Cl)c1)NCc1ccccc1S(=O)(=O)N1CCOCC1. The van der Waals surface area contributed by atoms with Crippen molar-refractivity contribution in [2.75, 3.05) is 32.1 Å². The number of nitrogens with one attached hydrogen (secondary N) is 1. The molecule has 156 valence electrons. The average molecular weight is 455 g/mol. The molecule has 0 unspecified atom stereocenters. The van der Waals surface area contributed by atoms with Crippen LogP contribution in [0.25, 0.3) is 0 Å². The summed E-state index contributed by atoms with van der Waals surface area (Å²) in [4.78, 5) is 12.4. The zero-order valence-electron chi connectivity index (χ0n) is 15.8. The highest BCUT2D eigenvalue weighted by Crippen LogP contribution is 2.21. The van der Waals surface area contributed by atoms with Crippen molar-refractivity contribution >= 4 is 39.3 Å². The fourth-order valence-corrected chi connectivity index (χ4v) is 5.61. The molecular weight excluding hydrogens is 432 g/mol. The number of sulfonamides is 1. The van der Waals surface area contributed by atoms with Crippen molar-refractivity contribution in [3.63, 3.8) is 0 Å². The molecule has 9 heteroatoms. The summed E-state index contributed by atoms with van der Waals surface area (Å²) in [5.74, 6) is 0.816. The van der Waals surface area contributed by atoms with Crippen LogP contribution < -0.4 is 5.32 Å². The van der Waals surface area contributed by atoms with Crippen molar-refractivity contribution in [1.82, 2.24) is 9.62 Å². The number of nitrogens with zero attached hydrogens (tertiary/aromatic N) is 1. The number of amides is 1. The molecule has 1 amide bonds. The third-order valence-corrected chi connectivity index (χ3v) is 7.67. The van der Waals surface area contributed by atoms with Gasteiger partial charge in [0.1, 0.15) is 0 Å². The van der Waals surface area contributed by atoms with Crippen LogP contribution >= 0.6 is 23.4 Å². The Morgan fingerprint density at radius 2 is 1.90 bits per heavy atom. The average Bonchev–Trinajstić information content (AvgIpc) is 2.73. The van der Waals surface area contributed by atoms with E-state index in [2.05, 4.69) is 5.32 Å². The minimum Gasteiger partial charge on any atom is -0.379 e. The number of benzene rings is 2. The van der Waals surface area contributed by atoms with E-state index in [1.807, 2.05) is 24.3 Å². The highest BCUT2D eigenvalue weighted by molar-refractivity contribution is 7.99. The molecule has 0 radical (unpaired) electrons. The van der Waals surface area contributed by atoms with Gasteiger partial charge in [-0.1, -0.05) is 41.9 Å². The summed E-state index contributed by atoms with van der Waals surface area (Å²) in [5.41, 5.74) is 1.63. The number of morpholine rings is 1. The first-order chi connectivity index (χ1) is 14.0. The normalized spacial score (nSPS) is 15.2. The maximum atomic E-state index is 13.0. The third kappa shape index (κ3) is 6.20. The molecule has 1 heterocycles. The van der Waals surface area contributed by atoms with E-state index >= 15 is 0 Å². The van der Waals surface area contributed by atoms with E-state index in [1.54, 1.807) is 24.3 Å². The molecule has 1 N–H and O–H groups in total. The van der Waals surface area contributed by atoms with E-state index in [1.165, 1.54) is 16.1 Å². The van der Waals surface area contributed by atoms with Crippen LogP contribution in [0.1, 0.15) is 11.1 Å². The largest absolute Gasteiger partial charge is 0.379 e. The number of hydrogen-bond donors (Lipinski definition) is 1. The first-order valence-corrected chi connectivity index (χ1v) is 12.2.